The van der Waals surface area contributed by atoms with Crippen LogP contribution in [-0.4, -0.2) is 17.1 Å². The van der Waals surface area contributed by atoms with Crippen LogP contribution in [-0.2, 0) is 4.79 Å². The summed E-state index contributed by atoms with van der Waals surface area (Å²) in [4.78, 5) is 10.3. The number of aliphatic carboxylic acids is 1. The average molecular weight is 157 g/mol. The topological polar surface area (TPSA) is 49.3 Å². The lowest BCUT2D eigenvalue weighted by molar-refractivity contribution is -0.138. The first-order valence-corrected chi connectivity index (χ1v) is 3.82. The van der Waals surface area contributed by atoms with E-state index in [1.807, 2.05) is 6.08 Å². The summed E-state index contributed by atoms with van der Waals surface area (Å²) in [6.07, 6.45) is 5.70. The van der Waals surface area contributed by atoms with Crippen molar-refractivity contribution < 1.29 is 9.90 Å². The van der Waals surface area contributed by atoms with E-state index in [4.69, 9.17) is 5.11 Å². The van der Waals surface area contributed by atoms with Gasteiger partial charge in [-0.05, 0) is 19.5 Å². The molecule has 64 valence electrons. The number of rotatable bonds is 5. The minimum atomic E-state index is -0.828. The van der Waals surface area contributed by atoms with Gasteiger partial charge in [0.25, 0.3) is 0 Å². The van der Waals surface area contributed by atoms with E-state index >= 15 is 0 Å². The molecular weight excluding hydrogens is 142 g/mol. The van der Waals surface area contributed by atoms with Gasteiger partial charge in [-0.15, -0.1) is 0 Å². The van der Waals surface area contributed by atoms with Crippen LogP contribution < -0.4 is 5.32 Å². The highest BCUT2D eigenvalue weighted by atomic mass is 16.4. The summed E-state index contributed by atoms with van der Waals surface area (Å²) in [6, 6.07) is -0.497. The number of carboxylic acid groups (broad SMARTS) is 1. The zero-order valence-electron chi connectivity index (χ0n) is 7.00. The lowest BCUT2D eigenvalue weighted by Gasteiger charge is -2.04. The molecule has 0 rings (SSSR count). The van der Waals surface area contributed by atoms with Crippen molar-refractivity contribution in [3.63, 3.8) is 0 Å². The fraction of sp³-hybridized carbons (Fsp3) is 0.625. The summed E-state index contributed by atoms with van der Waals surface area (Å²) < 4.78 is 0. The van der Waals surface area contributed by atoms with Gasteiger partial charge in [0.05, 0.1) is 0 Å². The number of carbonyl (C=O) groups is 1. The van der Waals surface area contributed by atoms with Gasteiger partial charge in [-0.1, -0.05) is 19.4 Å². The fourth-order valence-corrected chi connectivity index (χ4v) is 0.534. The van der Waals surface area contributed by atoms with E-state index in [-0.39, 0.29) is 0 Å². The zero-order valence-corrected chi connectivity index (χ0v) is 7.00. The van der Waals surface area contributed by atoms with Gasteiger partial charge >= 0.3 is 5.97 Å². The highest BCUT2D eigenvalue weighted by molar-refractivity contribution is 5.72. The van der Waals surface area contributed by atoms with E-state index in [1.54, 1.807) is 13.1 Å². The molecule has 3 heteroatoms. The average Bonchev–Trinajstić information content (AvgIpc) is 1.97. The van der Waals surface area contributed by atoms with Crippen LogP contribution in [0.1, 0.15) is 26.7 Å². The van der Waals surface area contributed by atoms with Crippen LogP contribution >= 0.6 is 0 Å². The van der Waals surface area contributed by atoms with Crippen LogP contribution in [0, 0.1) is 0 Å². The Hall–Kier alpha value is -0.990. The standard InChI is InChI=1S/C8H15NO2/c1-3-4-5-6-9-7(2)8(10)11/h5-7,9H,3-4H2,1-2H3,(H,10,11)/t7-/m1/s1. The maximum atomic E-state index is 10.3. The monoisotopic (exact) mass is 157 g/mol. The second-order valence-electron chi connectivity index (χ2n) is 2.42. The van der Waals surface area contributed by atoms with E-state index < -0.39 is 12.0 Å². The van der Waals surface area contributed by atoms with Crippen LogP contribution in [0.2, 0.25) is 0 Å². The second kappa shape index (κ2) is 5.77. The van der Waals surface area contributed by atoms with Crippen molar-refractivity contribution in [3.05, 3.63) is 12.3 Å². The minimum Gasteiger partial charge on any atom is -0.480 e. The quantitative estimate of drug-likeness (QED) is 0.633. The summed E-state index contributed by atoms with van der Waals surface area (Å²) in [7, 11) is 0. The van der Waals surface area contributed by atoms with Gasteiger partial charge in [0.15, 0.2) is 0 Å². The molecule has 0 aromatic rings. The molecule has 0 saturated carbocycles. The third-order valence-corrected chi connectivity index (χ3v) is 1.29. The SMILES string of the molecule is CCCC=CN[C@H](C)C(=O)O. The molecule has 0 saturated heterocycles. The Morgan fingerprint density at radius 3 is 2.82 bits per heavy atom. The Morgan fingerprint density at radius 2 is 2.36 bits per heavy atom. The number of hydrogen-bond donors (Lipinski definition) is 2. The summed E-state index contributed by atoms with van der Waals surface area (Å²) in [5.41, 5.74) is 0. The van der Waals surface area contributed by atoms with Gasteiger partial charge in [0.1, 0.15) is 6.04 Å². The van der Waals surface area contributed by atoms with E-state index in [1.165, 1.54) is 0 Å². The number of unbranched alkanes of at least 4 members (excludes halogenated alkanes) is 1. The van der Waals surface area contributed by atoms with Gasteiger partial charge < -0.3 is 10.4 Å². The number of nitrogens with one attached hydrogen (secondary N) is 1. The third kappa shape index (κ3) is 5.45. The first-order valence-electron chi connectivity index (χ1n) is 3.82. The van der Waals surface area contributed by atoms with Crippen LogP contribution in [0.3, 0.4) is 0 Å². The lowest BCUT2D eigenvalue weighted by atomic mass is 10.3. The highest BCUT2D eigenvalue weighted by Crippen LogP contribution is 1.87. The second-order valence-corrected chi connectivity index (χ2v) is 2.42. The molecular formula is C8H15NO2. The molecule has 2 N–H and O–H groups in total. The van der Waals surface area contributed by atoms with Crippen LogP contribution in [0.25, 0.3) is 0 Å². The van der Waals surface area contributed by atoms with Crippen molar-refractivity contribution in [1.29, 1.82) is 0 Å². The summed E-state index contributed by atoms with van der Waals surface area (Å²) in [6.45, 7) is 3.68. The van der Waals surface area contributed by atoms with Crippen molar-refractivity contribution >= 4 is 5.97 Å². The largest absolute Gasteiger partial charge is 0.480 e. The van der Waals surface area contributed by atoms with Crippen molar-refractivity contribution in [1.82, 2.24) is 5.32 Å². The van der Waals surface area contributed by atoms with Crippen molar-refractivity contribution in [2.24, 2.45) is 0 Å². The minimum absolute atomic E-state index is 0.497. The van der Waals surface area contributed by atoms with Gasteiger partial charge in [0.2, 0.25) is 0 Å². The van der Waals surface area contributed by atoms with E-state index in [0.717, 1.165) is 12.8 Å². The number of hydrogen-bond acceptors (Lipinski definition) is 2. The van der Waals surface area contributed by atoms with E-state index in [0.29, 0.717) is 0 Å². The van der Waals surface area contributed by atoms with Crippen LogP contribution in [0.15, 0.2) is 12.3 Å². The van der Waals surface area contributed by atoms with Crippen molar-refractivity contribution in [2.45, 2.75) is 32.7 Å². The molecule has 0 aromatic heterocycles. The summed E-state index contributed by atoms with van der Waals surface area (Å²) in [5, 5.41) is 11.2. The molecule has 0 heterocycles. The molecule has 1 atom stereocenters. The number of allylic oxidation sites excluding steroid dienone is 1. The highest BCUT2D eigenvalue weighted by Gasteiger charge is 2.05. The molecule has 0 aliphatic heterocycles. The van der Waals surface area contributed by atoms with Crippen LogP contribution in [0.4, 0.5) is 0 Å². The molecule has 0 aliphatic carbocycles. The first-order chi connectivity index (χ1) is 5.18. The molecule has 0 spiro atoms. The first kappa shape index (κ1) is 10.0. The van der Waals surface area contributed by atoms with Crippen molar-refractivity contribution in [3.8, 4) is 0 Å². The van der Waals surface area contributed by atoms with Gasteiger partial charge in [-0.3, -0.25) is 4.79 Å². The third-order valence-electron chi connectivity index (χ3n) is 1.29. The van der Waals surface area contributed by atoms with Gasteiger partial charge in [-0.25, -0.2) is 0 Å². The molecule has 0 unspecified atom stereocenters. The number of carboxylic acids is 1. The maximum absolute atomic E-state index is 10.3. The molecule has 0 fully saturated rings. The molecule has 3 nitrogen and oxygen atoms in total. The predicted molar refractivity (Wildman–Crippen MR) is 44.3 cm³/mol. The summed E-state index contributed by atoms with van der Waals surface area (Å²) in [5.74, 6) is -0.828. The van der Waals surface area contributed by atoms with E-state index in [9.17, 15) is 4.79 Å². The molecule has 0 radical (unpaired) electrons. The molecule has 0 aliphatic rings. The Morgan fingerprint density at radius 1 is 1.73 bits per heavy atom. The Bertz CT molecular complexity index is 143. The van der Waals surface area contributed by atoms with E-state index in [2.05, 4.69) is 12.2 Å². The summed E-state index contributed by atoms with van der Waals surface area (Å²) >= 11 is 0. The Labute approximate surface area is 67.1 Å². The molecule has 0 amide bonds. The molecule has 11 heavy (non-hydrogen) atoms. The zero-order chi connectivity index (χ0) is 8.69. The normalized spacial score (nSPS) is 13.3. The predicted octanol–water partition coefficient (Wildman–Crippen LogP) is 1.36. The van der Waals surface area contributed by atoms with Crippen molar-refractivity contribution in [2.75, 3.05) is 0 Å². The van der Waals surface area contributed by atoms with Gasteiger partial charge in [-0.2, -0.15) is 0 Å². The fourth-order valence-electron chi connectivity index (χ4n) is 0.534. The van der Waals surface area contributed by atoms with Gasteiger partial charge in [0, 0.05) is 0 Å². The Kier molecular flexibility index (Phi) is 5.25. The smallest absolute Gasteiger partial charge is 0.325 e. The molecule has 0 bridgehead atoms. The lowest BCUT2D eigenvalue weighted by Crippen LogP contribution is -2.29. The molecule has 0 aromatic carbocycles. The maximum Gasteiger partial charge on any atom is 0.325 e. The van der Waals surface area contributed by atoms with Crippen LogP contribution in [0.5, 0.6) is 0 Å². The Balaban J connectivity index is 3.44.